The summed E-state index contributed by atoms with van der Waals surface area (Å²) in [5.41, 5.74) is 0. The molecule has 1 aromatic rings. The van der Waals surface area contributed by atoms with E-state index in [1.54, 1.807) is 17.5 Å². The summed E-state index contributed by atoms with van der Waals surface area (Å²) in [4.78, 5) is 23.9. The van der Waals surface area contributed by atoms with Crippen molar-refractivity contribution in [1.29, 1.82) is 0 Å². The Labute approximate surface area is 128 Å². The topological polar surface area (TPSA) is 78.4 Å². The van der Waals surface area contributed by atoms with Crippen LogP contribution < -0.4 is 10.6 Å². The van der Waals surface area contributed by atoms with Crippen molar-refractivity contribution in [2.45, 2.75) is 51.1 Å². The Kier molecular flexibility index (Phi) is 5.61. The van der Waals surface area contributed by atoms with Gasteiger partial charge in [0.15, 0.2) is 6.04 Å². The highest BCUT2D eigenvalue weighted by atomic mass is 32.1. The molecule has 0 saturated heterocycles. The zero-order valence-corrected chi connectivity index (χ0v) is 13.0. The van der Waals surface area contributed by atoms with Gasteiger partial charge in [0.2, 0.25) is 0 Å². The van der Waals surface area contributed by atoms with Gasteiger partial charge in [-0.05, 0) is 43.0 Å². The molecule has 5 nitrogen and oxygen atoms in total. The molecule has 0 spiro atoms. The van der Waals surface area contributed by atoms with E-state index in [1.807, 2.05) is 0 Å². The SMILES string of the molecule is CCC1CCC(NC(=O)NC(C(=O)O)c2cccs2)CC1. The number of amides is 2. The Bertz CT molecular complexity index is 467. The third kappa shape index (κ3) is 4.46. The molecule has 1 aromatic heterocycles. The number of carboxylic acids is 1. The van der Waals surface area contributed by atoms with Gasteiger partial charge in [0.05, 0.1) is 0 Å². The second-order valence-electron chi connectivity index (χ2n) is 5.53. The predicted molar refractivity (Wildman–Crippen MR) is 82.4 cm³/mol. The molecule has 1 unspecified atom stereocenters. The van der Waals surface area contributed by atoms with Crippen molar-refractivity contribution in [3.63, 3.8) is 0 Å². The van der Waals surface area contributed by atoms with Gasteiger partial charge >= 0.3 is 12.0 Å². The first-order chi connectivity index (χ1) is 10.1. The van der Waals surface area contributed by atoms with Gasteiger partial charge in [-0.1, -0.05) is 19.4 Å². The van der Waals surface area contributed by atoms with Gasteiger partial charge in [-0.3, -0.25) is 0 Å². The number of nitrogens with one attached hydrogen (secondary N) is 2. The summed E-state index contributed by atoms with van der Waals surface area (Å²) in [6, 6.07) is 2.29. The van der Waals surface area contributed by atoms with E-state index in [4.69, 9.17) is 0 Å². The number of carbonyl (C=O) groups is 2. The van der Waals surface area contributed by atoms with Crippen molar-refractivity contribution in [2.24, 2.45) is 5.92 Å². The standard InChI is InChI=1S/C15H22N2O3S/c1-2-10-5-7-11(8-6-10)16-15(20)17-13(14(18)19)12-4-3-9-21-12/h3-4,9-11,13H,2,5-8H2,1H3,(H,18,19)(H2,16,17,20). The third-order valence-corrected chi connectivity index (χ3v) is 5.05. The molecule has 1 fully saturated rings. The number of aliphatic carboxylic acids is 1. The Morgan fingerprint density at radius 1 is 1.38 bits per heavy atom. The number of thiophene rings is 1. The van der Waals surface area contributed by atoms with E-state index in [0.29, 0.717) is 4.88 Å². The van der Waals surface area contributed by atoms with Crippen molar-refractivity contribution in [3.8, 4) is 0 Å². The van der Waals surface area contributed by atoms with Crippen LogP contribution in [0.5, 0.6) is 0 Å². The lowest BCUT2D eigenvalue weighted by molar-refractivity contribution is -0.139. The minimum absolute atomic E-state index is 0.158. The van der Waals surface area contributed by atoms with Gasteiger partial charge in [0.25, 0.3) is 0 Å². The van der Waals surface area contributed by atoms with E-state index in [9.17, 15) is 14.7 Å². The highest BCUT2D eigenvalue weighted by Gasteiger charge is 2.25. The maximum absolute atomic E-state index is 12.0. The predicted octanol–water partition coefficient (Wildman–Crippen LogP) is 3.14. The summed E-state index contributed by atoms with van der Waals surface area (Å²) >= 11 is 1.33. The van der Waals surface area contributed by atoms with Crippen LogP contribution in [0.25, 0.3) is 0 Å². The molecule has 0 aliphatic heterocycles. The summed E-state index contributed by atoms with van der Waals surface area (Å²) in [6.07, 6.45) is 5.41. The molecule has 3 N–H and O–H groups in total. The molecule has 1 aliphatic carbocycles. The molecule has 1 saturated carbocycles. The summed E-state index contributed by atoms with van der Waals surface area (Å²) in [7, 11) is 0. The van der Waals surface area contributed by atoms with Gasteiger partial charge in [-0.15, -0.1) is 11.3 Å². The average Bonchev–Trinajstić information content (AvgIpc) is 2.99. The van der Waals surface area contributed by atoms with Crippen LogP contribution in [0.2, 0.25) is 0 Å². The summed E-state index contributed by atoms with van der Waals surface area (Å²) < 4.78 is 0. The van der Waals surface area contributed by atoms with Crippen LogP contribution in [0.1, 0.15) is 49.9 Å². The number of hydrogen-bond donors (Lipinski definition) is 3. The summed E-state index contributed by atoms with van der Waals surface area (Å²) in [5.74, 6) is -0.272. The average molecular weight is 310 g/mol. The second kappa shape index (κ2) is 7.45. The lowest BCUT2D eigenvalue weighted by atomic mass is 9.85. The largest absolute Gasteiger partial charge is 0.479 e. The molecule has 116 valence electrons. The van der Waals surface area contributed by atoms with Crippen molar-refractivity contribution in [1.82, 2.24) is 10.6 Å². The van der Waals surface area contributed by atoms with E-state index in [0.717, 1.165) is 31.6 Å². The molecule has 2 amide bonds. The lowest BCUT2D eigenvalue weighted by Crippen LogP contribution is -2.46. The van der Waals surface area contributed by atoms with E-state index >= 15 is 0 Å². The molecule has 0 radical (unpaired) electrons. The third-order valence-electron chi connectivity index (χ3n) is 4.11. The summed E-state index contributed by atoms with van der Waals surface area (Å²) in [5, 5.41) is 16.5. The van der Waals surface area contributed by atoms with Crippen LogP contribution in [0.4, 0.5) is 4.79 Å². The van der Waals surface area contributed by atoms with Crippen LogP contribution in [0.3, 0.4) is 0 Å². The Hall–Kier alpha value is -1.56. The first-order valence-electron chi connectivity index (χ1n) is 7.43. The zero-order chi connectivity index (χ0) is 15.2. The monoisotopic (exact) mass is 310 g/mol. The van der Waals surface area contributed by atoms with Gasteiger partial charge in [-0.25, -0.2) is 9.59 Å². The number of carboxylic acid groups (broad SMARTS) is 1. The van der Waals surface area contributed by atoms with Crippen LogP contribution >= 0.6 is 11.3 Å². The highest BCUT2D eigenvalue weighted by Crippen LogP contribution is 2.26. The molecule has 6 heteroatoms. The molecule has 0 bridgehead atoms. The second-order valence-corrected chi connectivity index (χ2v) is 6.51. The van der Waals surface area contributed by atoms with Gasteiger partial charge in [0, 0.05) is 10.9 Å². The minimum atomic E-state index is -1.04. The Morgan fingerprint density at radius 2 is 2.10 bits per heavy atom. The van der Waals surface area contributed by atoms with E-state index in [2.05, 4.69) is 17.6 Å². The molecule has 0 aromatic carbocycles. The summed E-state index contributed by atoms with van der Waals surface area (Å²) in [6.45, 7) is 2.20. The molecule has 21 heavy (non-hydrogen) atoms. The van der Waals surface area contributed by atoms with Crippen LogP contribution in [-0.2, 0) is 4.79 Å². The van der Waals surface area contributed by atoms with Crippen molar-refractivity contribution < 1.29 is 14.7 Å². The molecular formula is C15H22N2O3S. The fourth-order valence-electron chi connectivity index (χ4n) is 2.78. The number of rotatable bonds is 5. The fourth-order valence-corrected chi connectivity index (χ4v) is 3.55. The molecular weight excluding hydrogens is 288 g/mol. The first kappa shape index (κ1) is 15.8. The van der Waals surface area contributed by atoms with Gasteiger partial charge in [0.1, 0.15) is 0 Å². The maximum Gasteiger partial charge on any atom is 0.331 e. The number of urea groups is 1. The van der Waals surface area contributed by atoms with Gasteiger partial charge < -0.3 is 15.7 Å². The molecule has 1 heterocycles. The van der Waals surface area contributed by atoms with Crippen molar-refractivity contribution >= 4 is 23.3 Å². The van der Waals surface area contributed by atoms with Crippen LogP contribution in [0.15, 0.2) is 17.5 Å². The van der Waals surface area contributed by atoms with E-state index < -0.39 is 18.0 Å². The zero-order valence-electron chi connectivity index (χ0n) is 12.2. The van der Waals surface area contributed by atoms with Gasteiger partial charge in [-0.2, -0.15) is 0 Å². The van der Waals surface area contributed by atoms with E-state index in [1.165, 1.54) is 17.8 Å². The molecule has 2 rings (SSSR count). The lowest BCUT2D eigenvalue weighted by Gasteiger charge is -2.28. The number of hydrogen-bond acceptors (Lipinski definition) is 3. The van der Waals surface area contributed by atoms with E-state index in [-0.39, 0.29) is 6.04 Å². The molecule has 1 aliphatic rings. The minimum Gasteiger partial charge on any atom is -0.479 e. The first-order valence-corrected chi connectivity index (χ1v) is 8.31. The number of carbonyl (C=O) groups excluding carboxylic acids is 1. The van der Waals surface area contributed by atoms with Crippen molar-refractivity contribution in [3.05, 3.63) is 22.4 Å². The smallest absolute Gasteiger partial charge is 0.331 e. The van der Waals surface area contributed by atoms with Crippen LogP contribution in [-0.4, -0.2) is 23.1 Å². The van der Waals surface area contributed by atoms with Crippen molar-refractivity contribution in [2.75, 3.05) is 0 Å². The van der Waals surface area contributed by atoms with Crippen LogP contribution in [0, 0.1) is 5.92 Å². The fraction of sp³-hybridized carbons (Fsp3) is 0.600. The Balaban J connectivity index is 1.84. The quantitative estimate of drug-likeness (QED) is 0.781. The highest BCUT2D eigenvalue weighted by molar-refractivity contribution is 7.10. The molecule has 1 atom stereocenters. The normalized spacial score (nSPS) is 23.3. The maximum atomic E-state index is 12.0. The Morgan fingerprint density at radius 3 is 2.62 bits per heavy atom.